The second kappa shape index (κ2) is 4.55. The van der Waals surface area contributed by atoms with Gasteiger partial charge >= 0.3 is 0 Å². The van der Waals surface area contributed by atoms with Crippen LogP contribution in [0.3, 0.4) is 0 Å². The summed E-state index contributed by atoms with van der Waals surface area (Å²) in [6, 6.07) is 7.10. The van der Waals surface area contributed by atoms with Crippen LogP contribution in [0.4, 0.5) is 5.69 Å². The molecular formula is C14H17NO3. The standard InChI is InChI=1S/C14H17NO3/c1-3-8-15-12-7-5-4-6-11(12)14(18,13(15)17)9-10(2)16/h3-7,10,16,18H,1,8-9H2,2H3/t10-,14-/m1/s1. The van der Waals surface area contributed by atoms with Gasteiger partial charge in [-0.2, -0.15) is 0 Å². The number of aliphatic hydroxyl groups excluding tert-OH is 1. The first-order valence-corrected chi connectivity index (χ1v) is 5.93. The van der Waals surface area contributed by atoms with Crippen LogP contribution in [0.2, 0.25) is 0 Å². The largest absolute Gasteiger partial charge is 0.393 e. The van der Waals surface area contributed by atoms with Crippen molar-refractivity contribution in [2.24, 2.45) is 0 Å². The van der Waals surface area contributed by atoms with Gasteiger partial charge in [0.15, 0.2) is 5.60 Å². The molecule has 1 aromatic carbocycles. The average molecular weight is 247 g/mol. The molecule has 1 aromatic rings. The van der Waals surface area contributed by atoms with E-state index in [-0.39, 0.29) is 6.42 Å². The molecule has 0 spiro atoms. The Kier molecular flexibility index (Phi) is 3.24. The van der Waals surface area contributed by atoms with E-state index >= 15 is 0 Å². The van der Waals surface area contributed by atoms with Crippen molar-refractivity contribution in [2.45, 2.75) is 25.0 Å². The van der Waals surface area contributed by atoms with E-state index in [9.17, 15) is 15.0 Å². The normalized spacial score (nSPS) is 23.9. The highest BCUT2D eigenvalue weighted by atomic mass is 16.3. The molecule has 0 saturated heterocycles. The summed E-state index contributed by atoms with van der Waals surface area (Å²) in [7, 11) is 0. The minimum absolute atomic E-state index is 0.00348. The van der Waals surface area contributed by atoms with Crippen molar-refractivity contribution in [1.82, 2.24) is 0 Å². The Morgan fingerprint density at radius 3 is 2.78 bits per heavy atom. The second-order valence-corrected chi connectivity index (χ2v) is 4.64. The van der Waals surface area contributed by atoms with Crippen LogP contribution in [0.25, 0.3) is 0 Å². The minimum atomic E-state index is -1.63. The van der Waals surface area contributed by atoms with Crippen LogP contribution in [0.5, 0.6) is 0 Å². The molecule has 0 saturated carbocycles. The van der Waals surface area contributed by atoms with E-state index in [1.165, 1.54) is 4.90 Å². The first-order valence-electron chi connectivity index (χ1n) is 5.93. The maximum absolute atomic E-state index is 12.3. The Bertz CT molecular complexity index is 484. The molecule has 2 atom stereocenters. The van der Waals surface area contributed by atoms with E-state index in [2.05, 4.69) is 6.58 Å². The molecule has 1 amide bonds. The predicted molar refractivity (Wildman–Crippen MR) is 69.2 cm³/mol. The quantitative estimate of drug-likeness (QED) is 0.785. The SMILES string of the molecule is C=CCN1C(=O)[C@@](O)(C[C@@H](C)O)c2ccccc21. The van der Waals surface area contributed by atoms with E-state index in [4.69, 9.17) is 0 Å². The summed E-state index contributed by atoms with van der Waals surface area (Å²) in [4.78, 5) is 13.8. The zero-order valence-corrected chi connectivity index (χ0v) is 10.3. The summed E-state index contributed by atoms with van der Waals surface area (Å²) in [5.74, 6) is -0.399. The summed E-state index contributed by atoms with van der Waals surface area (Å²) in [6.45, 7) is 5.52. The Balaban J connectivity index is 2.50. The molecule has 18 heavy (non-hydrogen) atoms. The van der Waals surface area contributed by atoms with E-state index in [0.29, 0.717) is 17.8 Å². The molecule has 0 fully saturated rings. The molecule has 2 rings (SSSR count). The number of nitrogens with zero attached hydrogens (tertiary/aromatic N) is 1. The number of carbonyl (C=O) groups is 1. The second-order valence-electron chi connectivity index (χ2n) is 4.64. The maximum Gasteiger partial charge on any atom is 0.264 e. The summed E-state index contributed by atoms with van der Waals surface area (Å²) in [5, 5.41) is 20.1. The molecule has 1 heterocycles. The van der Waals surface area contributed by atoms with Gasteiger partial charge in [-0.1, -0.05) is 24.3 Å². The lowest BCUT2D eigenvalue weighted by Crippen LogP contribution is -2.42. The van der Waals surface area contributed by atoms with Crippen LogP contribution in [-0.2, 0) is 10.4 Å². The molecule has 96 valence electrons. The van der Waals surface area contributed by atoms with E-state index in [1.807, 2.05) is 6.07 Å². The van der Waals surface area contributed by atoms with Crippen molar-refractivity contribution in [2.75, 3.05) is 11.4 Å². The van der Waals surface area contributed by atoms with Crippen molar-refractivity contribution in [1.29, 1.82) is 0 Å². The van der Waals surface area contributed by atoms with Gasteiger partial charge in [-0.25, -0.2) is 0 Å². The molecule has 0 unspecified atom stereocenters. The third-order valence-corrected chi connectivity index (χ3v) is 3.14. The molecule has 1 aliphatic rings. The molecule has 0 aliphatic carbocycles. The van der Waals surface area contributed by atoms with Gasteiger partial charge in [0, 0.05) is 18.5 Å². The highest BCUT2D eigenvalue weighted by molar-refractivity contribution is 6.07. The molecule has 4 heteroatoms. The molecule has 0 bridgehead atoms. The Hall–Kier alpha value is -1.65. The third kappa shape index (κ3) is 1.83. The number of fused-ring (bicyclic) bond motifs is 1. The van der Waals surface area contributed by atoms with Crippen molar-refractivity contribution in [3.8, 4) is 0 Å². The fourth-order valence-corrected chi connectivity index (χ4v) is 2.44. The smallest absolute Gasteiger partial charge is 0.264 e. The van der Waals surface area contributed by atoms with Gasteiger partial charge < -0.3 is 15.1 Å². The van der Waals surface area contributed by atoms with Crippen molar-refractivity contribution < 1.29 is 15.0 Å². The lowest BCUT2D eigenvalue weighted by atomic mass is 9.90. The summed E-state index contributed by atoms with van der Waals surface area (Å²) < 4.78 is 0. The number of benzene rings is 1. The average Bonchev–Trinajstić information content (AvgIpc) is 2.52. The third-order valence-electron chi connectivity index (χ3n) is 3.14. The number of rotatable bonds is 4. The van der Waals surface area contributed by atoms with Gasteiger partial charge in [0.2, 0.25) is 0 Å². The number of hydrogen-bond acceptors (Lipinski definition) is 3. The summed E-state index contributed by atoms with van der Waals surface area (Å²) in [5.41, 5.74) is -0.392. The molecule has 0 aromatic heterocycles. The van der Waals surface area contributed by atoms with Crippen molar-refractivity contribution >= 4 is 11.6 Å². The first-order chi connectivity index (χ1) is 8.50. The monoisotopic (exact) mass is 247 g/mol. The number of hydrogen-bond donors (Lipinski definition) is 2. The van der Waals surface area contributed by atoms with Crippen LogP contribution < -0.4 is 4.90 Å². The number of aliphatic hydroxyl groups is 2. The highest BCUT2D eigenvalue weighted by Crippen LogP contribution is 2.42. The Labute approximate surface area is 106 Å². The molecule has 1 aliphatic heterocycles. The fourth-order valence-electron chi connectivity index (χ4n) is 2.44. The molecule has 2 N–H and O–H groups in total. The fraction of sp³-hybridized carbons (Fsp3) is 0.357. The zero-order chi connectivity index (χ0) is 13.3. The highest BCUT2D eigenvalue weighted by Gasteiger charge is 2.49. The molecular weight excluding hydrogens is 230 g/mol. The molecule has 4 nitrogen and oxygen atoms in total. The number of anilines is 1. The van der Waals surface area contributed by atoms with Gasteiger partial charge in [0.25, 0.3) is 5.91 Å². The minimum Gasteiger partial charge on any atom is -0.393 e. The lowest BCUT2D eigenvalue weighted by Gasteiger charge is -2.23. The number of carbonyl (C=O) groups excluding carboxylic acids is 1. The molecule has 0 radical (unpaired) electrons. The zero-order valence-electron chi connectivity index (χ0n) is 10.3. The van der Waals surface area contributed by atoms with Gasteiger partial charge in [0.1, 0.15) is 0 Å². The van der Waals surface area contributed by atoms with Crippen LogP contribution in [0.1, 0.15) is 18.9 Å². The lowest BCUT2D eigenvalue weighted by molar-refractivity contribution is -0.139. The summed E-state index contributed by atoms with van der Waals surface area (Å²) in [6.07, 6.45) is 0.856. The van der Waals surface area contributed by atoms with Crippen molar-refractivity contribution in [3.63, 3.8) is 0 Å². The van der Waals surface area contributed by atoms with Gasteiger partial charge in [-0.3, -0.25) is 4.79 Å². The Morgan fingerprint density at radius 2 is 2.17 bits per heavy atom. The van der Waals surface area contributed by atoms with Crippen LogP contribution in [0, 0.1) is 0 Å². The van der Waals surface area contributed by atoms with Gasteiger partial charge in [-0.05, 0) is 13.0 Å². The number of para-hydroxylation sites is 1. The van der Waals surface area contributed by atoms with E-state index in [0.717, 1.165) is 0 Å². The van der Waals surface area contributed by atoms with Crippen LogP contribution in [-0.4, -0.2) is 28.8 Å². The van der Waals surface area contributed by atoms with E-state index < -0.39 is 17.6 Å². The van der Waals surface area contributed by atoms with Gasteiger partial charge in [0.05, 0.1) is 11.8 Å². The van der Waals surface area contributed by atoms with E-state index in [1.54, 1.807) is 31.2 Å². The Morgan fingerprint density at radius 1 is 1.50 bits per heavy atom. The van der Waals surface area contributed by atoms with Crippen LogP contribution in [0.15, 0.2) is 36.9 Å². The van der Waals surface area contributed by atoms with Gasteiger partial charge in [-0.15, -0.1) is 6.58 Å². The van der Waals surface area contributed by atoms with Crippen molar-refractivity contribution in [3.05, 3.63) is 42.5 Å². The topological polar surface area (TPSA) is 60.8 Å². The van der Waals surface area contributed by atoms with Crippen LogP contribution >= 0.6 is 0 Å². The predicted octanol–water partition coefficient (Wildman–Crippen LogP) is 1.18. The first kappa shape index (κ1) is 12.8. The summed E-state index contributed by atoms with van der Waals surface area (Å²) >= 11 is 0. The maximum atomic E-state index is 12.3. The number of amides is 1.